The van der Waals surface area contributed by atoms with Crippen molar-refractivity contribution < 1.29 is 9.59 Å². The summed E-state index contributed by atoms with van der Waals surface area (Å²) in [6, 6.07) is 6.90. The van der Waals surface area contributed by atoms with Gasteiger partial charge in [0, 0.05) is 18.9 Å². The van der Waals surface area contributed by atoms with Gasteiger partial charge in [-0.3, -0.25) is 9.59 Å². The SMILES string of the molecule is CNC(=O)Cn1ccc2ccc(NC(=O)[C@@H](C)N)cc21. The fraction of sp³-hybridized carbons (Fsp3) is 0.286. The van der Waals surface area contributed by atoms with E-state index in [0.717, 1.165) is 10.9 Å². The van der Waals surface area contributed by atoms with Gasteiger partial charge in [0.1, 0.15) is 6.54 Å². The van der Waals surface area contributed by atoms with Crippen molar-refractivity contribution in [2.24, 2.45) is 5.73 Å². The number of anilines is 1. The number of rotatable bonds is 4. The van der Waals surface area contributed by atoms with Crippen LogP contribution < -0.4 is 16.4 Å². The van der Waals surface area contributed by atoms with Crippen LogP contribution in [-0.4, -0.2) is 29.5 Å². The highest BCUT2D eigenvalue weighted by Gasteiger charge is 2.09. The molecule has 0 radical (unpaired) electrons. The summed E-state index contributed by atoms with van der Waals surface area (Å²) in [7, 11) is 1.60. The van der Waals surface area contributed by atoms with Crippen LogP contribution in [0.5, 0.6) is 0 Å². The van der Waals surface area contributed by atoms with E-state index < -0.39 is 6.04 Å². The second-order valence-corrected chi connectivity index (χ2v) is 4.67. The highest BCUT2D eigenvalue weighted by molar-refractivity contribution is 5.96. The zero-order valence-electron chi connectivity index (χ0n) is 11.5. The average Bonchev–Trinajstić information content (AvgIpc) is 2.81. The Hall–Kier alpha value is -2.34. The maximum Gasteiger partial charge on any atom is 0.240 e. The van der Waals surface area contributed by atoms with E-state index in [1.165, 1.54) is 0 Å². The molecular formula is C14H18N4O2. The smallest absolute Gasteiger partial charge is 0.240 e. The lowest BCUT2D eigenvalue weighted by atomic mass is 10.2. The normalized spacial score (nSPS) is 12.2. The van der Waals surface area contributed by atoms with Crippen molar-refractivity contribution in [3.8, 4) is 0 Å². The molecular weight excluding hydrogens is 256 g/mol. The summed E-state index contributed by atoms with van der Waals surface area (Å²) >= 11 is 0. The lowest BCUT2D eigenvalue weighted by molar-refractivity contribution is -0.121. The predicted molar refractivity (Wildman–Crippen MR) is 78.3 cm³/mol. The zero-order chi connectivity index (χ0) is 14.7. The van der Waals surface area contributed by atoms with E-state index in [-0.39, 0.29) is 18.4 Å². The van der Waals surface area contributed by atoms with Gasteiger partial charge in [-0.15, -0.1) is 0 Å². The number of likely N-dealkylation sites (N-methyl/N-ethyl adjacent to an activating group) is 1. The van der Waals surface area contributed by atoms with Crippen LogP contribution in [0.15, 0.2) is 30.5 Å². The molecule has 0 aliphatic rings. The molecule has 0 unspecified atom stereocenters. The van der Waals surface area contributed by atoms with E-state index in [9.17, 15) is 9.59 Å². The van der Waals surface area contributed by atoms with Crippen LogP contribution in [0.1, 0.15) is 6.92 Å². The third-order valence-electron chi connectivity index (χ3n) is 3.05. The van der Waals surface area contributed by atoms with E-state index in [4.69, 9.17) is 5.73 Å². The second-order valence-electron chi connectivity index (χ2n) is 4.67. The molecule has 1 heterocycles. The molecule has 2 aromatic rings. The van der Waals surface area contributed by atoms with E-state index >= 15 is 0 Å². The fourth-order valence-electron chi connectivity index (χ4n) is 1.89. The van der Waals surface area contributed by atoms with Crippen molar-refractivity contribution in [2.45, 2.75) is 19.5 Å². The lowest BCUT2D eigenvalue weighted by Gasteiger charge is -2.09. The second kappa shape index (κ2) is 5.75. The van der Waals surface area contributed by atoms with Crippen molar-refractivity contribution in [1.82, 2.24) is 9.88 Å². The quantitative estimate of drug-likeness (QED) is 0.765. The Kier molecular flexibility index (Phi) is 4.05. The van der Waals surface area contributed by atoms with E-state index in [2.05, 4.69) is 10.6 Å². The van der Waals surface area contributed by atoms with Crippen molar-refractivity contribution in [2.75, 3.05) is 12.4 Å². The Morgan fingerprint density at radius 2 is 2.10 bits per heavy atom. The number of nitrogens with one attached hydrogen (secondary N) is 2. The monoisotopic (exact) mass is 274 g/mol. The third kappa shape index (κ3) is 2.97. The van der Waals surface area contributed by atoms with Gasteiger partial charge in [-0.2, -0.15) is 0 Å². The van der Waals surface area contributed by atoms with Gasteiger partial charge in [0.05, 0.1) is 11.6 Å². The van der Waals surface area contributed by atoms with E-state index in [1.54, 1.807) is 14.0 Å². The number of carbonyl (C=O) groups excluding carboxylic acids is 2. The van der Waals surface area contributed by atoms with Gasteiger partial charge in [-0.1, -0.05) is 6.07 Å². The largest absolute Gasteiger partial charge is 0.358 e. The van der Waals surface area contributed by atoms with Crippen molar-refractivity contribution in [3.05, 3.63) is 30.5 Å². The molecule has 1 aromatic heterocycles. The first-order valence-corrected chi connectivity index (χ1v) is 6.37. The first-order chi connectivity index (χ1) is 9.51. The summed E-state index contributed by atoms with van der Waals surface area (Å²) in [6.07, 6.45) is 1.84. The molecule has 0 aliphatic carbocycles. The molecule has 4 N–H and O–H groups in total. The number of amides is 2. The minimum Gasteiger partial charge on any atom is -0.358 e. The zero-order valence-corrected chi connectivity index (χ0v) is 11.5. The molecule has 0 spiro atoms. The van der Waals surface area contributed by atoms with Gasteiger partial charge < -0.3 is 20.9 Å². The number of hydrogen-bond donors (Lipinski definition) is 3. The Bertz CT molecular complexity index is 646. The van der Waals surface area contributed by atoms with Gasteiger partial charge in [-0.25, -0.2) is 0 Å². The minimum absolute atomic E-state index is 0.0764. The van der Waals surface area contributed by atoms with Crippen molar-refractivity contribution in [3.63, 3.8) is 0 Å². The van der Waals surface area contributed by atoms with Gasteiger partial charge in [0.25, 0.3) is 0 Å². The van der Waals surface area contributed by atoms with Gasteiger partial charge in [0.15, 0.2) is 0 Å². The molecule has 1 atom stereocenters. The molecule has 2 amide bonds. The summed E-state index contributed by atoms with van der Waals surface area (Å²) < 4.78 is 1.83. The van der Waals surface area contributed by atoms with Crippen LogP contribution in [0.25, 0.3) is 10.9 Å². The van der Waals surface area contributed by atoms with E-state index in [1.807, 2.05) is 35.0 Å². The Balaban J connectivity index is 2.29. The number of nitrogens with two attached hydrogens (primary N) is 1. The molecule has 0 fully saturated rings. The number of carbonyl (C=O) groups is 2. The molecule has 20 heavy (non-hydrogen) atoms. The maximum absolute atomic E-state index is 11.6. The topological polar surface area (TPSA) is 89.2 Å². The van der Waals surface area contributed by atoms with Gasteiger partial charge in [-0.05, 0) is 30.5 Å². The molecule has 6 heteroatoms. The molecule has 106 valence electrons. The molecule has 1 aromatic carbocycles. The summed E-state index contributed by atoms with van der Waals surface area (Å²) in [5, 5.41) is 6.33. The van der Waals surface area contributed by atoms with Crippen LogP contribution >= 0.6 is 0 Å². The Morgan fingerprint density at radius 3 is 2.75 bits per heavy atom. The molecule has 0 bridgehead atoms. The van der Waals surface area contributed by atoms with Crippen molar-refractivity contribution >= 4 is 28.4 Å². The van der Waals surface area contributed by atoms with Gasteiger partial charge in [0.2, 0.25) is 11.8 Å². The Labute approximate surface area is 116 Å². The maximum atomic E-state index is 11.6. The number of aromatic nitrogens is 1. The molecule has 0 aliphatic heterocycles. The summed E-state index contributed by atoms with van der Waals surface area (Å²) in [5.74, 6) is -0.318. The molecule has 6 nitrogen and oxygen atoms in total. The highest BCUT2D eigenvalue weighted by atomic mass is 16.2. The molecule has 2 rings (SSSR count). The number of hydrogen-bond acceptors (Lipinski definition) is 3. The highest BCUT2D eigenvalue weighted by Crippen LogP contribution is 2.20. The van der Waals surface area contributed by atoms with E-state index in [0.29, 0.717) is 5.69 Å². The van der Waals surface area contributed by atoms with Crippen LogP contribution in [0, 0.1) is 0 Å². The van der Waals surface area contributed by atoms with Crippen LogP contribution in [0.2, 0.25) is 0 Å². The summed E-state index contributed by atoms with van der Waals surface area (Å²) in [4.78, 5) is 23.0. The molecule has 0 saturated heterocycles. The standard InChI is InChI=1S/C14H18N4O2/c1-9(15)14(20)17-11-4-3-10-5-6-18(12(10)7-11)8-13(19)16-2/h3-7,9H,8,15H2,1-2H3,(H,16,19)(H,17,20)/t9-/m1/s1. The Morgan fingerprint density at radius 1 is 1.35 bits per heavy atom. The first-order valence-electron chi connectivity index (χ1n) is 6.37. The predicted octanol–water partition coefficient (Wildman–Crippen LogP) is 0.673. The minimum atomic E-state index is -0.566. The van der Waals surface area contributed by atoms with Crippen molar-refractivity contribution in [1.29, 1.82) is 0 Å². The average molecular weight is 274 g/mol. The lowest BCUT2D eigenvalue weighted by Crippen LogP contribution is -2.32. The summed E-state index contributed by atoms with van der Waals surface area (Å²) in [6.45, 7) is 1.87. The number of fused-ring (bicyclic) bond motifs is 1. The van der Waals surface area contributed by atoms with Crippen LogP contribution in [0.3, 0.4) is 0 Å². The number of benzene rings is 1. The number of nitrogens with zero attached hydrogens (tertiary/aromatic N) is 1. The molecule has 0 saturated carbocycles. The van der Waals surface area contributed by atoms with Gasteiger partial charge >= 0.3 is 0 Å². The first kappa shape index (κ1) is 14.1. The summed E-state index contributed by atoms with van der Waals surface area (Å²) in [5.41, 5.74) is 7.07. The van der Waals surface area contributed by atoms with Crippen LogP contribution in [-0.2, 0) is 16.1 Å². The third-order valence-corrected chi connectivity index (χ3v) is 3.05. The van der Waals surface area contributed by atoms with Crippen LogP contribution in [0.4, 0.5) is 5.69 Å². The fourth-order valence-corrected chi connectivity index (χ4v) is 1.89.